The summed E-state index contributed by atoms with van der Waals surface area (Å²) >= 11 is 1.99. The molecule has 0 aliphatic heterocycles. The maximum Gasteiger partial charge on any atom is 0.0448 e. The second-order valence-corrected chi connectivity index (χ2v) is 8.40. The number of hydrogen-bond acceptors (Lipinski definition) is 2. The topological polar surface area (TPSA) is 12.0 Å². The summed E-state index contributed by atoms with van der Waals surface area (Å²) in [5.41, 5.74) is 0.803. The van der Waals surface area contributed by atoms with Crippen molar-refractivity contribution in [2.24, 2.45) is 11.3 Å². The lowest BCUT2D eigenvalue weighted by atomic mass is 9.95. The number of nitrogens with one attached hydrogen (secondary N) is 1. The molecule has 18 heavy (non-hydrogen) atoms. The monoisotopic (exact) mass is 265 g/mol. The van der Waals surface area contributed by atoms with E-state index in [1.807, 2.05) is 11.3 Å². The maximum atomic E-state index is 3.69. The molecule has 2 atom stereocenters. The van der Waals surface area contributed by atoms with Crippen molar-refractivity contribution in [1.82, 2.24) is 5.32 Å². The molecule has 0 amide bonds. The average Bonchev–Trinajstić information content (AvgIpc) is 2.69. The molecule has 1 aromatic heterocycles. The highest BCUT2D eigenvalue weighted by Crippen LogP contribution is 2.58. The van der Waals surface area contributed by atoms with E-state index >= 15 is 0 Å². The van der Waals surface area contributed by atoms with Crippen LogP contribution in [0.4, 0.5) is 0 Å². The van der Waals surface area contributed by atoms with Gasteiger partial charge in [-0.3, -0.25) is 0 Å². The first-order chi connectivity index (χ1) is 8.25. The fourth-order valence-electron chi connectivity index (χ4n) is 2.66. The molecule has 1 saturated carbocycles. The van der Waals surface area contributed by atoms with E-state index in [9.17, 15) is 0 Å². The van der Waals surface area contributed by atoms with Crippen molar-refractivity contribution in [1.29, 1.82) is 0 Å². The van der Waals surface area contributed by atoms with E-state index in [4.69, 9.17) is 0 Å². The van der Waals surface area contributed by atoms with Crippen LogP contribution in [0.15, 0.2) is 12.1 Å². The van der Waals surface area contributed by atoms with Crippen molar-refractivity contribution >= 4 is 11.3 Å². The fraction of sp³-hybridized carbons (Fsp3) is 0.750. The normalized spacial score (nSPS) is 24.0. The van der Waals surface area contributed by atoms with Gasteiger partial charge in [-0.2, -0.15) is 0 Å². The van der Waals surface area contributed by atoms with Crippen molar-refractivity contribution in [2.45, 2.75) is 59.4 Å². The minimum Gasteiger partial charge on any atom is -0.309 e. The van der Waals surface area contributed by atoms with E-state index < -0.39 is 0 Å². The van der Waals surface area contributed by atoms with Gasteiger partial charge in [0.1, 0.15) is 0 Å². The molecular weight excluding hydrogens is 238 g/mol. The zero-order valence-corrected chi connectivity index (χ0v) is 13.4. The van der Waals surface area contributed by atoms with Crippen LogP contribution in [0.25, 0.3) is 0 Å². The standard InChI is InChI=1S/C16H27NS/c1-7-17-14(11-10-16(11,5)6)12-8-9-13(18-12)15(2,3)4/h8-9,11,14,17H,7,10H2,1-6H3. The van der Waals surface area contributed by atoms with Gasteiger partial charge >= 0.3 is 0 Å². The zero-order chi connectivity index (χ0) is 13.6. The summed E-state index contributed by atoms with van der Waals surface area (Å²) in [6.45, 7) is 14.9. The Bertz CT molecular complexity index is 411. The van der Waals surface area contributed by atoms with Crippen molar-refractivity contribution < 1.29 is 0 Å². The summed E-state index contributed by atoms with van der Waals surface area (Å²) in [5.74, 6) is 0.809. The second-order valence-electron chi connectivity index (χ2n) is 7.29. The number of rotatable bonds is 4. The molecule has 1 nitrogen and oxygen atoms in total. The molecule has 1 aliphatic rings. The molecule has 1 aromatic rings. The van der Waals surface area contributed by atoms with Crippen molar-refractivity contribution in [2.75, 3.05) is 6.54 Å². The molecule has 1 fully saturated rings. The van der Waals surface area contributed by atoms with E-state index in [-0.39, 0.29) is 5.41 Å². The molecule has 1 aliphatic carbocycles. The van der Waals surface area contributed by atoms with Crippen LogP contribution in [0.2, 0.25) is 0 Å². The first kappa shape index (κ1) is 14.1. The van der Waals surface area contributed by atoms with Gasteiger partial charge in [0.2, 0.25) is 0 Å². The molecule has 102 valence electrons. The minimum absolute atomic E-state index is 0.277. The Kier molecular flexibility index (Phi) is 3.63. The predicted molar refractivity (Wildman–Crippen MR) is 81.3 cm³/mol. The van der Waals surface area contributed by atoms with Gasteiger partial charge < -0.3 is 5.32 Å². The fourth-order valence-corrected chi connectivity index (χ4v) is 3.87. The number of thiophene rings is 1. The summed E-state index contributed by atoms with van der Waals surface area (Å²) < 4.78 is 0. The van der Waals surface area contributed by atoms with Crippen LogP contribution in [-0.2, 0) is 5.41 Å². The minimum atomic E-state index is 0.277. The lowest BCUT2D eigenvalue weighted by Gasteiger charge is -2.19. The Morgan fingerprint density at radius 2 is 2.00 bits per heavy atom. The van der Waals surface area contributed by atoms with E-state index in [0.29, 0.717) is 11.5 Å². The van der Waals surface area contributed by atoms with Crippen LogP contribution in [0.5, 0.6) is 0 Å². The van der Waals surface area contributed by atoms with E-state index in [2.05, 4.69) is 59.0 Å². The van der Waals surface area contributed by atoms with Crippen LogP contribution in [0.1, 0.15) is 63.8 Å². The van der Waals surface area contributed by atoms with Gasteiger partial charge in [0.25, 0.3) is 0 Å². The van der Waals surface area contributed by atoms with Gasteiger partial charge in [-0.25, -0.2) is 0 Å². The van der Waals surface area contributed by atoms with Crippen LogP contribution in [-0.4, -0.2) is 6.54 Å². The first-order valence-corrected chi connectivity index (χ1v) is 7.91. The highest BCUT2D eigenvalue weighted by atomic mass is 32.1. The zero-order valence-electron chi connectivity index (χ0n) is 12.6. The molecule has 2 unspecified atom stereocenters. The summed E-state index contributed by atoms with van der Waals surface area (Å²) in [7, 11) is 0. The van der Waals surface area contributed by atoms with Crippen molar-refractivity contribution in [3.63, 3.8) is 0 Å². The average molecular weight is 265 g/mol. The maximum absolute atomic E-state index is 3.69. The van der Waals surface area contributed by atoms with Crippen LogP contribution in [0.3, 0.4) is 0 Å². The van der Waals surface area contributed by atoms with Gasteiger partial charge in [-0.1, -0.05) is 41.5 Å². The summed E-state index contributed by atoms with van der Waals surface area (Å²) in [5, 5.41) is 3.69. The van der Waals surface area contributed by atoms with Crippen molar-refractivity contribution in [3.05, 3.63) is 21.9 Å². The van der Waals surface area contributed by atoms with Crippen LogP contribution < -0.4 is 5.32 Å². The molecule has 0 aromatic carbocycles. The van der Waals surface area contributed by atoms with Crippen LogP contribution in [0, 0.1) is 11.3 Å². The summed E-state index contributed by atoms with van der Waals surface area (Å²) in [6.07, 6.45) is 1.35. The molecule has 1 N–H and O–H groups in total. The second kappa shape index (κ2) is 4.64. The van der Waals surface area contributed by atoms with Gasteiger partial charge in [0.05, 0.1) is 0 Å². The lowest BCUT2D eigenvalue weighted by Crippen LogP contribution is -2.23. The summed E-state index contributed by atoms with van der Waals surface area (Å²) in [4.78, 5) is 3.02. The molecule has 1 heterocycles. The largest absolute Gasteiger partial charge is 0.309 e. The Morgan fingerprint density at radius 3 is 2.39 bits per heavy atom. The molecule has 2 rings (SSSR count). The molecule has 0 spiro atoms. The highest BCUT2D eigenvalue weighted by Gasteiger charge is 2.50. The smallest absolute Gasteiger partial charge is 0.0448 e. The van der Waals surface area contributed by atoms with E-state index in [1.54, 1.807) is 0 Å². The lowest BCUT2D eigenvalue weighted by molar-refractivity contribution is 0.428. The van der Waals surface area contributed by atoms with Gasteiger partial charge in [-0.15, -0.1) is 11.3 Å². The number of hydrogen-bond donors (Lipinski definition) is 1. The quantitative estimate of drug-likeness (QED) is 0.829. The molecule has 0 bridgehead atoms. The molecule has 2 heteroatoms. The Labute approximate surface area is 116 Å². The Balaban J connectivity index is 2.19. The van der Waals surface area contributed by atoms with Crippen LogP contribution >= 0.6 is 11.3 Å². The van der Waals surface area contributed by atoms with E-state index in [0.717, 1.165) is 12.5 Å². The molecular formula is C16H27NS. The molecule has 0 saturated heterocycles. The van der Waals surface area contributed by atoms with E-state index in [1.165, 1.54) is 16.2 Å². The third-order valence-corrected chi connectivity index (χ3v) is 5.68. The van der Waals surface area contributed by atoms with Crippen molar-refractivity contribution in [3.8, 4) is 0 Å². The molecule has 0 radical (unpaired) electrons. The van der Waals surface area contributed by atoms with Gasteiger partial charge in [0.15, 0.2) is 0 Å². The van der Waals surface area contributed by atoms with Gasteiger partial charge in [-0.05, 0) is 41.8 Å². The Hall–Kier alpha value is -0.340. The predicted octanol–water partition coefficient (Wildman–Crippen LogP) is 4.74. The third kappa shape index (κ3) is 2.80. The SMILES string of the molecule is CCNC(c1ccc(C(C)(C)C)s1)C1CC1(C)C. The van der Waals surface area contributed by atoms with Gasteiger partial charge in [0, 0.05) is 15.8 Å². The first-order valence-electron chi connectivity index (χ1n) is 7.09. The highest BCUT2D eigenvalue weighted by molar-refractivity contribution is 7.12. The summed E-state index contributed by atoms with van der Waals surface area (Å²) in [6, 6.07) is 5.22. The third-order valence-electron chi connectivity index (χ3n) is 4.09. The Morgan fingerprint density at radius 1 is 1.39 bits per heavy atom.